The minimum Gasteiger partial charge on any atom is -0.398 e. The smallest absolute Gasteiger partial charge is 0.155 e. The van der Waals surface area contributed by atoms with Crippen molar-refractivity contribution in [2.24, 2.45) is 11.3 Å². The van der Waals surface area contributed by atoms with Crippen LogP contribution in [0.3, 0.4) is 0 Å². The van der Waals surface area contributed by atoms with E-state index in [-0.39, 0.29) is 0 Å². The normalized spacial score (nSPS) is 12.0. The van der Waals surface area contributed by atoms with Gasteiger partial charge in [0.15, 0.2) is 5.34 Å². The topological polar surface area (TPSA) is 64.7 Å². The highest BCUT2D eigenvalue weighted by Gasteiger charge is 2.12. The third kappa shape index (κ3) is 5.50. The van der Waals surface area contributed by atoms with Gasteiger partial charge in [0.05, 0.1) is 0 Å². The molecule has 0 bridgehead atoms. The molecule has 0 heterocycles. The van der Waals surface area contributed by atoms with E-state index >= 15 is 0 Å². The van der Waals surface area contributed by atoms with Gasteiger partial charge in [-0.2, -0.15) is 0 Å². The molecule has 2 aromatic carbocycles. The fourth-order valence-corrected chi connectivity index (χ4v) is 4.26. The highest BCUT2D eigenvalue weighted by molar-refractivity contribution is 9.10. The summed E-state index contributed by atoms with van der Waals surface area (Å²) in [7, 11) is 0. The molecule has 128 valence electrons. The molecule has 0 saturated heterocycles. The zero-order valence-corrected chi connectivity index (χ0v) is 17.2. The van der Waals surface area contributed by atoms with E-state index in [1.807, 2.05) is 24.3 Å². The van der Waals surface area contributed by atoms with Crippen molar-refractivity contribution in [3.05, 3.63) is 55.8 Å². The molecule has 7 heteroatoms. The number of hydrogen-bond donors (Lipinski definition) is 1. The molecule has 1 unspecified atom stereocenters. The van der Waals surface area contributed by atoms with E-state index in [0.717, 1.165) is 37.3 Å². The molecule has 2 N–H and O–H groups in total. The molecule has 0 aliphatic rings. The first-order valence-corrected chi connectivity index (χ1v) is 9.86. The molecule has 0 spiro atoms. The lowest BCUT2D eigenvalue weighted by molar-refractivity contribution is 0.126. The Morgan fingerprint density at radius 3 is 2.75 bits per heavy atom. The van der Waals surface area contributed by atoms with Crippen molar-refractivity contribution in [3.8, 4) is 0 Å². The minimum absolute atomic E-state index is 0.353. The van der Waals surface area contributed by atoms with Crippen LogP contribution >= 0.6 is 43.6 Å². The Balaban J connectivity index is 2.11. The number of nitrogen functional groups attached to an aromatic ring is 1. The van der Waals surface area contributed by atoms with Crippen LogP contribution in [0.4, 0.5) is 5.69 Å². The van der Waals surface area contributed by atoms with Gasteiger partial charge in [-0.05, 0) is 64.5 Å². The van der Waals surface area contributed by atoms with Crippen LogP contribution in [0, 0.1) is 10.8 Å². The largest absolute Gasteiger partial charge is 0.398 e. The summed E-state index contributed by atoms with van der Waals surface area (Å²) in [5, 5.41) is 2.43. The summed E-state index contributed by atoms with van der Waals surface area (Å²) >= 11 is 8.78. The first-order chi connectivity index (χ1) is 11.5. The predicted molar refractivity (Wildman–Crippen MR) is 106 cm³/mol. The standard InChI is InChI=1S/C17H18Br2N2O2S/c1-11(7-8-23-21-22)9-12-3-2-4-16(17(12)19)24-15-6-5-13(18)10-14(15)20/h2-6,10-11H,7-9,20H2,1H3. The second-order valence-electron chi connectivity index (χ2n) is 5.52. The summed E-state index contributed by atoms with van der Waals surface area (Å²) in [6.07, 6.45) is 1.68. The summed E-state index contributed by atoms with van der Waals surface area (Å²) in [6, 6.07) is 12.1. The highest BCUT2D eigenvalue weighted by Crippen LogP contribution is 2.39. The molecule has 0 saturated carbocycles. The maximum Gasteiger partial charge on any atom is 0.155 e. The monoisotopic (exact) mass is 472 g/mol. The Kier molecular flexibility index (Phi) is 7.58. The van der Waals surface area contributed by atoms with Gasteiger partial charge in [-0.25, -0.2) is 0 Å². The van der Waals surface area contributed by atoms with Crippen LogP contribution in [0.2, 0.25) is 0 Å². The number of anilines is 1. The Morgan fingerprint density at radius 1 is 1.25 bits per heavy atom. The van der Waals surface area contributed by atoms with Crippen LogP contribution in [0.1, 0.15) is 18.9 Å². The van der Waals surface area contributed by atoms with Crippen molar-refractivity contribution in [2.75, 3.05) is 12.3 Å². The number of nitrogens with zero attached hydrogens (tertiary/aromatic N) is 1. The zero-order chi connectivity index (χ0) is 17.5. The van der Waals surface area contributed by atoms with Gasteiger partial charge in [-0.1, -0.05) is 46.7 Å². The van der Waals surface area contributed by atoms with Crippen LogP contribution < -0.4 is 5.73 Å². The molecule has 2 rings (SSSR count). The number of halogens is 2. The van der Waals surface area contributed by atoms with Crippen molar-refractivity contribution >= 4 is 49.3 Å². The van der Waals surface area contributed by atoms with Crippen molar-refractivity contribution in [2.45, 2.75) is 29.6 Å². The lowest BCUT2D eigenvalue weighted by atomic mass is 9.98. The molecule has 0 aliphatic carbocycles. The van der Waals surface area contributed by atoms with E-state index in [0.29, 0.717) is 12.5 Å². The fourth-order valence-electron chi connectivity index (χ4n) is 2.29. The molecule has 0 fully saturated rings. The third-order valence-electron chi connectivity index (χ3n) is 3.56. The van der Waals surface area contributed by atoms with Crippen molar-refractivity contribution in [3.63, 3.8) is 0 Å². The zero-order valence-electron chi connectivity index (χ0n) is 13.2. The van der Waals surface area contributed by atoms with Crippen LogP contribution in [0.5, 0.6) is 0 Å². The molecule has 0 radical (unpaired) electrons. The quantitative estimate of drug-likeness (QED) is 0.214. The van der Waals surface area contributed by atoms with E-state index in [2.05, 4.69) is 61.1 Å². The molecular formula is C17H18Br2N2O2S. The summed E-state index contributed by atoms with van der Waals surface area (Å²) in [5.41, 5.74) is 8.06. The van der Waals surface area contributed by atoms with Gasteiger partial charge in [0.2, 0.25) is 0 Å². The molecule has 4 nitrogen and oxygen atoms in total. The van der Waals surface area contributed by atoms with E-state index in [1.54, 1.807) is 11.8 Å². The highest BCUT2D eigenvalue weighted by atomic mass is 79.9. The summed E-state index contributed by atoms with van der Waals surface area (Å²) in [6.45, 7) is 2.49. The fraction of sp³-hybridized carbons (Fsp3) is 0.294. The van der Waals surface area contributed by atoms with Gasteiger partial charge in [0.25, 0.3) is 0 Å². The van der Waals surface area contributed by atoms with Gasteiger partial charge in [0, 0.05) is 24.4 Å². The third-order valence-corrected chi connectivity index (χ3v) is 6.40. The Bertz CT molecular complexity index is 713. The lowest BCUT2D eigenvalue weighted by Gasteiger charge is -2.14. The predicted octanol–water partition coefficient (Wildman–Crippen LogP) is 6.21. The maximum absolute atomic E-state index is 9.97. The average Bonchev–Trinajstić information content (AvgIpc) is 2.54. The molecule has 0 amide bonds. The van der Waals surface area contributed by atoms with Crippen LogP contribution in [0.15, 0.2) is 60.5 Å². The van der Waals surface area contributed by atoms with Crippen LogP contribution in [-0.4, -0.2) is 6.61 Å². The second-order valence-corrected chi connectivity index (χ2v) is 8.31. The first-order valence-electron chi connectivity index (χ1n) is 7.46. The van der Waals surface area contributed by atoms with Crippen molar-refractivity contribution in [1.82, 2.24) is 0 Å². The van der Waals surface area contributed by atoms with E-state index in [1.165, 1.54) is 5.56 Å². The van der Waals surface area contributed by atoms with E-state index in [4.69, 9.17) is 5.73 Å². The molecule has 1 atom stereocenters. The van der Waals surface area contributed by atoms with Crippen LogP contribution in [0.25, 0.3) is 0 Å². The summed E-state index contributed by atoms with van der Waals surface area (Å²) in [4.78, 5) is 16.7. The Hall–Kier alpha value is -1.05. The van der Waals surface area contributed by atoms with Crippen molar-refractivity contribution in [1.29, 1.82) is 0 Å². The molecular weight excluding hydrogens is 456 g/mol. The van der Waals surface area contributed by atoms with Gasteiger partial charge < -0.3 is 10.6 Å². The average molecular weight is 474 g/mol. The minimum atomic E-state index is 0.353. The lowest BCUT2D eigenvalue weighted by Crippen LogP contribution is -2.04. The summed E-state index contributed by atoms with van der Waals surface area (Å²) in [5.74, 6) is 0.390. The maximum atomic E-state index is 9.97. The SMILES string of the molecule is CC(CCON=O)Cc1cccc(Sc2ccc(Br)cc2N)c1Br. The second kappa shape index (κ2) is 9.44. The Labute approximate surface area is 162 Å². The van der Waals surface area contributed by atoms with Crippen molar-refractivity contribution < 1.29 is 4.84 Å². The molecule has 0 aromatic heterocycles. The van der Waals surface area contributed by atoms with E-state index < -0.39 is 0 Å². The number of nitrogens with two attached hydrogens (primary N) is 1. The number of hydrogen-bond acceptors (Lipinski definition) is 5. The van der Waals surface area contributed by atoms with Crippen LogP contribution in [-0.2, 0) is 11.3 Å². The number of benzene rings is 2. The Morgan fingerprint density at radius 2 is 2.04 bits per heavy atom. The summed E-state index contributed by atoms with van der Waals surface area (Å²) < 4.78 is 2.05. The molecule has 2 aromatic rings. The van der Waals surface area contributed by atoms with Gasteiger partial charge in [-0.3, -0.25) is 0 Å². The van der Waals surface area contributed by atoms with Gasteiger partial charge >= 0.3 is 0 Å². The molecule has 0 aliphatic heterocycles. The first kappa shape index (κ1) is 19.3. The van der Waals surface area contributed by atoms with E-state index in [9.17, 15) is 4.91 Å². The molecule has 24 heavy (non-hydrogen) atoms. The van der Waals surface area contributed by atoms with Gasteiger partial charge in [0.1, 0.15) is 6.61 Å². The van der Waals surface area contributed by atoms with Gasteiger partial charge in [-0.15, -0.1) is 4.91 Å². The number of rotatable bonds is 8.